The number of nitrogens with zero attached hydrogens (tertiary/aromatic N) is 2. The van der Waals surface area contributed by atoms with Gasteiger partial charge in [-0.3, -0.25) is 9.80 Å². The number of carbonyl (C=O) groups excluding carboxylic acids is 1. The van der Waals surface area contributed by atoms with Crippen LogP contribution in [-0.4, -0.2) is 30.0 Å². The Kier molecular flexibility index (Phi) is 6.75. The highest BCUT2D eigenvalue weighted by atomic mass is 16.5. The fourth-order valence-electron chi connectivity index (χ4n) is 8.79. The number of aryl methyl sites for hydroxylation is 1. The molecule has 3 aliphatic carbocycles. The Balaban J connectivity index is 1.24. The Morgan fingerprint density at radius 2 is 1.83 bits per heavy atom. The molecule has 3 aromatic carbocycles. The van der Waals surface area contributed by atoms with Gasteiger partial charge in [0, 0.05) is 29.9 Å². The molecule has 6 heteroatoms. The lowest BCUT2D eigenvalue weighted by atomic mass is 9.55. The molecule has 1 N–H and O–H groups in total. The predicted octanol–water partition coefficient (Wildman–Crippen LogP) is 7.54. The van der Waals surface area contributed by atoms with E-state index in [-0.39, 0.29) is 23.5 Å². The highest BCUT2D eigenvalue weighted by molar-refractivity contribution is 6.03. The summed E-state index contributed by atoms with van der Waals surface area (Å²) in [6.45, 7) is 3.90. The Morgan fingerprint density at radius 1 is 1.00 bits per heavy atom. The number of esters is 1. The number of para-hydroxylation sites is 1. The molecule has 7 rings (SSSR count). The summed E-state index contributed by atoms with van der Waals surface area (Å²) in [4.78, 5) is 11.9. The van der Waals surface area contributed by atoms with Crippen molar-refractivity contribution in [1.29, 1.82) is 0 Å². The summed E-state index contributed by atoms with van der Waals surface area (Å²) >= 11 is 0. The van der Waals surface area contributed by atoms with E-state index in [4.69, 9.17) is 14.6 Å². The average molecular weight is 565 g/mol. The minimum atomic E-state index is -0.159. The zero-order valence-corrected chi connectivity index (χ0v) is 24.8. The summed E-state index contributed by atoms with van der Waals surface area (Å²) < 4.78 is 11.4. The number of hydrazone groups is 1. The number of carbonyl (C=O) groups is 1. The molecule has 0 amide bonds. The SMILES string of the molecule is COc1cccc(C2=NN(c3ccccc3)C(c3cc4c(cc3O)CC[C@@H]3[C@@H]4CC[C@]4(C)[C@@H](OC(C)=O)CC[C@@H]34)C2)c1. The molecular weight excluding hydrogens is 524 g/mol. The molecular formula is C36H40N2O4. The number of fused-ring (bicyclic) bond motifs is 5. The van der Waals surface area contributed by atoms with Gasteiger partial charge < -0.3 is 14.6 Å². The number of anilines is 1. The lowest BCUT2D eigenvalue weighted by molar-refractivity contribution is -0.154. The molecule has 0 spiro atoms. The third kappa shape index (κ3) is 4.47. The molecule has 0 saturated heterocycles. The minimum Gasteiger partial charge on any atom is -0.508 e. The minimum absolute atomic E-state index is 0.0304. The summed E-state index contributed by atoms with van der Waals surface area (Å²) in [6.07, 6.45) is 7.07. The summed E-state index contributed by atoms with van der Waals surface area (Å²) in [5, 5.41) is 18.7. The number of phenolic OH excluding ortho intramolecular Hbond substituents is 1. The van der Waals surface area contributed by atoms with E-state index in [2.05, 4.69) is 36.2 Å². The van der Waals surface area contributed by atoms with Crippen LogP contribution in [0.1, 0.15) is 86.6 Å². The van der Waals surface area contributed by atoms with Crippen LogP contribution in [0.2, 0.25) is 0 Å². The summed E-state index contributed by atoms with van der Waals surface area (Å²) in [7, 11) is 1.68. The Hall–Kier alpha value is -3.80. The number of phenols is 1. The smallest absolute Gasteiger partial charge is 0.302 e. The van der Waals surface area contributed by atoms with E-state index in [1.54, 1.807) is 14.0 Å². The molecule has 2 saturated carbocycles. The zero-order valence-electron chi connectivity index (χ0n) is 24.8. The molecule has 1 heterocycles. The van der Waals surface area contributed by atoms with Crippen LogP contribution in [0.5, 0.6) is 11.5 Å². The first-order valence-corrected chi connectivity index (χ1v) is 15.4. The first kappa shape index (κ1) is 27.1. The molecule has 1 aliphatic heterocycles. The van der Waals surface area contributed by atoms with Gasteiger partial charge in [-0.15, -0.1) is 0 Å². The van der Waals surface area contributed by atoms with E-state index in [0.717, 1.165) is 66.8 Å². The van der Waals surface area contributed by atoms with Crippen LogP contribution >= 0.6 is 0 Å². The van der Waals surface area contributed by atoms with Crippen molar-refractivity contribution < 1.29 is 19.4 Å². The maximum atomic E-state index is 11.9. The Morgan fingerprint density at radius 3 is 2.62 bits per heavy atom. The quantitative estimate of drug-likeness (QED) is 0.324. The van der Waals surface area contributed by atoms with Crippen molar-refractivity contribution in [3.8, 4) is 11.5 Å². The first-order valence-electron chi connectivity index (χ1n) is 15.4. The van der Waals surface area contributed by atoms with E-state index in [1.807, 2.05) is 42.5 Å². The van der Waals surface area contributed by atoms with Crippen molar-refractivity contribution in [2.75, 3.05) is 12.1 Å². The predicted molar refractivity (Wildman–Crippen MR) is 164 cm³/mol. The van der Waals surface area contributed by atoms with Crippen LogP contribution in [0, 0.1) is 17.3 Å². The van der Waals surface area contributed by atoms with Gasteiger partial charge in [-0.25, -0.2) is 0 Å². The Bertz CT molecular complexity index is 1530. The second-order valence-corrected chi connectivity index (χ2v) is 12.9. The molecule has 0 aromatic heterocycles. The fraction of sp³-hybridized carbons (Fsp3) is 0.444. The van der Waals surface area contributed by atoms with Gasteiger partial charge in [-0.1, -0.05) is 37.3 Å². The molecule has 6 atom stereocenters. The third-order valence-electron chi connectivity index (χ3n) is 10.8. The maximum absolute atomic E-state index is 11.9. The molecule has 3 aromatic rings. The summed E-state index contributed by atoms with van der Waals surface area (Å²) in [5.74, 6) is 2.60. The van der Waals surface area contributed by atoms with Crippen molar-refractivity contribution in [1.82, 2.24) is 0 Å². The monoisotopic (exact) mass is 564 g/mol. The standard InChI is InChI=1S/C36H40N2O4/c1-22(39)42-35-15-14-31-28-13-12-23-19-34(40)30(20-29(23)27(28)16-17-36(31,35)2)33-21-32(24-8-7-11-26(18-24)41-3)37-38(33)25-9-5-4-6-10-25/h4-11,18-20,27-28,31,33,35,40H,12-17,21H2,1-3H3/t27-,28+,31-,33?,35-,36-/m0/s1. The van der Waals surface area contributed by atoms with Crippen LogP contribution in [0.3, 0.4) is 0 Å². The Labute approximate surface area is 248 Å². The van der Waals surface area contributed by atoms with E-state index < -0.39 is 0 Å². The average Bonchev–Trinajstić information content (AvgIpc) is 3.58. The molecule has 1 unspecified atom stereocenters. The van der Waals surface area contributed by atoms with Gasteiger partial charge in [0.1, 0.15) is 17.6 Å². The van der Waals surface area contributed by atoms with Gasteiger partial charge in [0.15, 0.2) is 0 Å². The lowest BCUT2D eigenvalue weighted by Crippen LogP contribution is -2.45. The summed E-state index contributed by atoms with van der Waals surface area (Å²) in [5.41, 5.74) is 6.70. The highest BCUT2D eigenvalue weighted by Gasteiger charge is 2.56. The highest BCUT2D eigenvalue weighted by Crippen LogP contribution is 2.62. The van der Waals surface area contributed by atoms with Gasteiger partial charge in [0.2, 0.25) is 0 Å². The number of methoxy groups -OCH3 is 1. The second kappa shape index (κ2) is 10.5. The molecule has 0 bridgehead atoms. The van der Waals surface area contributed by atoms with Crippen molar-refractivity contribution in [2.24, 2.45) is 22.4 Å². The maximum Gasteiger partial charge on any atom is 0.302 e. The third-order valence-corrected chi connectivity index (χ3v) is 10.8. The van der Waals surface area contributed by atoms with Crippen LogP contribution in [0.25, 0.3) is 0 Å². The van der Waals surface area contributed by atoms with Gasteiger partial charge in [0.25, 0.3) is 0 Å². The molecule has 4 aliphatic rings. The first-order chi connectivity index (χ1) is 20.4. The van der Waals surface area contributed by atoms with Crippen molar-refractivity contribution in [3.63, 3.8) is 0 Å². The van der Waals surface area contributed by atoms with Gasteiger partial charge in [-0.05, 0) is 104 Å². The number of benzene rings is 3. The van der Waals surface area contributed by atoms with Gasteiger partial charge >= 0.3 is 5.97 Å². The van der Waals surface area contributed by atoms with E-state index in [9.17, 15) is 9.90 Å². The summed E-state index contributed by atoms with van der Waals surface area (Å²) in [6, 6.07) is 22.5. The second-order valence-electron chi connectivity index (χ2n) is 12.9. The zero-order chi connectivity index (χ0) is 29.0. The van der Waals surface area contributed by atoms with Crippen molar-refractivity contribution in [2.45, 2.75) is 76.9 Å². The molecule has 6 nitrogen and oxygen atoms in total. The van der Waals surface area contributed by atoms with Crippen LogP contribution < -0.4 is 9.75 Å². The van der Waals surface area contributed by atoms with Gasteiger partial charge in [-0.2, -0.15) is 5.10 Å². The van der Waals surface area contributed by atoms with Crippen molar-refractivity contribution >= 4 is 17.4 Å². The normalized spacial score (nSPS) is 29.7. The molecule has 42 heavy (non-hydrogen) atoms. The topological polar surface area (TPSA) is 71.4 Å². The van der Waals surface area contributed by atoms with E-state index in [1.165, 1.54) is 11.1 Å². The number of rotatable bonds is 5. The van der Waals surface area contributed by atoms with E-state index in [0.29, 0.717) is 29.9 Å². The number of hydrogen-bond donors (Lipinski definition) is 1. The number of ether oxygens (including phenoxy) is 2. The lowest BCUT2D eigenvalue weighted by Gasteiger charge is -2.50. The fourth-order valence-corrected chi connectivity index (χ4v) is 8.79. The van der Waals surface area contributed by atoms with Crippen LogP contribution in [-0.2, 0) is 16.0 Å². The van der Waals surface area contributed by atoms with Gasteiger partial charge in [0.05, 0.1) is 24.6 Å². The molecule has 2 fully saturated rings. The van der Waals surface area contributed by atoms with Crippen LogP contribution in [0.4, 0.5) is 5.69 Å². The largest absolute Gasteiger partial charge is 0.508 e. The van der Waals surface area contributed by atoms with E-state index >= 15 is 0 Å². The molecule has 0 radical (unpaired) electrons. The number of hydrogen-bond acceptors (Lipinski definition) is 6. The van der Waals surface area contributed by atoms with Crippen LogP contribution in [0.15, 0.2) is 71.8 Å². The molecule has 218 valence electrons. The number of aromatic hydroxyl groups is 1. The van der Waals surface area contributed by atoms with Crippen molar-refractivity contribution in [3.05, 3.63) is 89.0 Å².